The number of fused-ring (bicyclic) bond motifs is 1. The lowest BCUT2D eigenvalue weighted by Crippen LogP contribution is -2.47. The first-order chi connectivity index (χ1) is 15.6. The molecule has 1 aromatic carbocycles. The summed E-state index contributed by atoms with van der Waals surface area (Å²) >= 11 is 0. The predicted octanol–water partition coefficient (Wildman–Crippen LogP) is 2.07. The summed E-state index contributed by atoms with van der Waals surface area (Å²) in [6.07, 6.45) is 3.45. The van der Waals surface area contributed by atoms with Gasteiger partial charge in [-0.25, -0.2) is 8.42 Å². The van der Waals surface area contributed by atoms with Crippen LogP contribution < -0.4 is 14.8 Å². The summed E-state index contributed by atoms with van der Waals surface area (Å²) in [6, 6.07) is 4.27. The Labute approximate surface area is 197 Å². The fourth-order valence-corrected chi connectivity index (χ4v) is 4.45. The van der Waals surface area contributed by atoms with Gasteiger partial charge in [0, 0.05) is 31.3 Å². The first kappa shape index (κ1) is 27.4. The van der Waals surface area contributed by atoms with Crippen LogP contribution in [-0.2, 0) is 14.8 Å². The molecule has 0 aromatic heterocycles. The maximum Gasteiger partial charge on any atom is 0.258 e. The van der Waals surface area contributed by atoms with Gasteiger partial charge in [0.25, 0.3) is 5.91 Å². The van der Waals surface area contributed by atoms with Crippen LogP contribution in [0.2, 0.25) is 0 Å². The molecule has 1 aliphatic rings. The standard InChI is InChI=1S/C23H39N3O6S/c1-16-14-26(17(2)15-27)23(28)20-12-19(25-33(5,29)30)9-10-21(20)32-18(3)8-6-7-11-31-22(16)13-24-4/h9-10,12,16-18,22,24-25,27H,6-8,11,13-15H2,1-5H3/t16-,17-,18+,22-/m1/s1. The highest BCUT2D eigenvalue weighted by Gasteiger charge is 2.29. The number of hydrogen-bond acceptors (Lipinski definition) is 7. The van der Waals surface area contributed by atoms with E-state index in [0.29, 0.717) is 25.4 Å². The zero-order valence-corrected chi connectivity index (χ0v) is 21.2. The quantitative estimate of drug-likeness (QED) is 0.565. The number of likely N-dealkylation sites (N-methyl/N-ethyl adjacent to an activating group) is 1. The van der Waals surface area contributed by atoms with E-state index in [1.165, 1.54) is 6.07 Å². The normalized spacial score (nSPS) is 24.4. The highest BCUT2D eigenvalue weighted by atomic mass is 32.2. The maximum absolute atomic E-state index is 13.7. The number of benzene rings is 1. The second kappa shape index (κ2) is 12.5. The Morgan fingerprint density at radius 2 is 2.00 bits per heavy atom. The first-order valence-electron chi connectivity index (χ1n) is 11.5. The van der Waals surface area contributed by atoms with Gasteiger partial charge in [0.2, 0.25) is 10.0 Å². The minimum Gasteiger partial charge on any atom is -0.490 e. The number of carbonyl (C=O) groups is 1. The molecule has 0 bridgehead atoms. The van der Waals surface area contributed by atoms with Gasteiger partial charge < -0.3 is 24.8 Å². The van der Waals surface area contributed by atoms with Crippen molar-refractivity contribution in [2.24, 2.45) is 5.92 Å². The largest absolute Gasteiger partial charge is 0.490 e. The highest BCUT2D eigenvalue weighted by molar-refractivity contribution is 7.92. The average Bonchev–Trinajstić information content (AvgIpc) is 2.74. The molecule has 0 fully saturated rings. The Kier molecular flexibility index (Phi) is 10.4. The minimum absolute atomic E-state index is 0.000963. The lowest BCUT2D eigenvalue weighted by molar-refractivity contribution is -0.000450. The third-order valence-electron chi connectivity index (χ3n) is 5.76. The van der Waals surface area contributed by atoms with Gasteiger partial charge in [-0.05, 0) is 58.4 Å². The molecule has 4 atom stereocenters. The molecular weight excluding hydrogens is 446 g/mol. The fraction of sp³-hybridized carbons (Fsp3) is 0.696. The van der Waals surface area contributed by atoms with Crippen LogP contribution >= 0.6 is 0 Å². The molecule has 9 nitrogen and oxygen atoms in total. The molecule has 1 aliphatic heterocycles. The monoisotopic (exact) mass is 485 g/mol. The number of rotatable bonds is 6. The lowest BCUT2D eigenvalue weighted by Gasteiger charge is -2.34. The molecule has 0 aliphatic carbocycles. The van der Waals surface area contributed by atoms with Crippen LogP contribution in [0.4, 0.5) is 5.69 Å². The zero-order chi connectivity index (χ0) is 24.6. The van der Waals surface area contributed by atoms with E-state index in [1.807, 2.05) is 20.9 Å². The van der Waals surface area contributed by atoms with E-state index in [1.54, 1.807) is 24.0 Å². The summed E-state index contributed by atoms with van der Waals surface area (Å²) in [5, 5.41) is 13.0. The summed E-state index contributed by atoms with van der Waals surface area (Å²) in [5.41, 5.74) is 0.536. The molecule has 1 heterocycles. The summed E-state index contributed by atoms with van der Waals surface area (Å²) in [4.78, 5) is 15.4. The van der Waals surface area contributed by atoms with Gasteiger partial charge in [-0.3, -0.25) is 9.52 Å². The molecule has 3 N–H and O–H groups in total. The maximum atomic E-state index is 13.7. The van der Waals surface area contributed by atoms with Gasteiger partial charge >= 0.3 is 0 Å². The number of sulfonamides is 1. The number of aliphatic hydroxyl groups is 1. The van der Waals surface area contributed by atoms with E-state index in [-0.39, 0.29) is 41.9 Å². The van der Waals surface area contributed by atoms with Crippen LogP contribution in [0.25, 0.3) is 0 Å². The van der Waals surface area contributed by atoms with Gasteiger partial charge in [-0.15, -0.1) is 0 Å². The summed E-state index contributed by atoms with van der Waals surface area (Å²) in [7, 11) is -1.65. The van der Waals surface area contributed by atoms with Crippen molar-refractivity contribution in [2.75, 3.05) is 44.3 Å². The van der Waals surface area contributed by atoms with E-state index in [9.17, 15) is 18.3 Å². The number of aliphatic hydroxyl groups excluding tert-OH is 1. The SMILES string of the molecule is CNC[C@H]1OCCCC[C@H](C)Oc2ccc(NS(C)(=O)=O)cc2C(=O)N([C@H](C)CO)C[C@H]1C. The Balaban J connectivity index is 2.51. The van der Waals surface area contributed by atoms with Crippen molar-refractivity contribution in [3.63, 3.8) is 0 Å². The molecular formula is C23H39N3O6S. The molecule has 2 rings (SSSR count). The van der Waals surface area contributed by atoms with Gasteiger partial charge in [0.05, 0.1) is 36.7 Å². The number of ether oxygens (including phenoxy) is 2. The molecule has 188 valence electrons. The molecule has 0 unspecified atom stereocenters. The fourth-order valence-electron chi connectivity index (χ4n) is 3.89. The zero-order valence-electron chi connectivity index (χ0n) is 20.3. The van der Waals surface area contributed by atoms with E-state index >= 15 is 0 Å². The molecule has 0 saturated heterocycles. The van der Waals surface area contributed by atoms with Crippen LogP contribution in [0.15, 0.2) is 18.2 Å². The van der Waals surface area contributed by atoms with Crippen molar-refractivity contribution in [3.8, 4) is 5.75 Å². The summed E-state index contributed by atoms with van der Waals surface area (Å²) in [6.45, 7) is 7.20. The Bertz CT molecular complexity index is 879. The van der Waals surface area contributed by atoms with Gasteiger partial charge in [0.1, 0.15) is 5.75 Å². The van der Waals surface area contributed by atoms with E-state index in [0.717, 1.165) is 25.5 Å². The smallest absolute Gasteiger partial charge is 0.258 e. The van der Waals surface area contributed by atoms with Crippen molar-refractivity contribution >= 4 is 21.6 Å². The number of nitrogens with one attached hydrogen (secondary N) is 2. The van der Waals surface area contributed by atoms with Crippen molar-refractivity contribution < 1.29 is 27.8 Å². The van der Waals surface area contributed by atoms with Crippen LogP contribution in [0.3, 0.4) is 0 Å². The minimum atomic E-state index is -3.52. The molecule has 1 amide bonds. The van der Waals surface area contributed by atoms with Crippen molar-refractivity contribution in [1.82, 2.24) is 10.2 Å². The Morgan fingerprint density at radius 3 is 2.64 bits per heavy atom. The molecule has 0 spiro atoms. The Hall–Kier alpha value is -1.88. The van der Waals surface area contributed by atoms with Crippen LogP contribution in [0.5, 0.6) is 5.75 Å². The van der Waals surface area contributed by atoms with Crippen molar-refractivity contribution in [2.45, 2.75) is 58.3 Å². The second-order valence-electron chi connectivity index (χ2n) is 8.94. The van der Waals surface area contributed by atoms with E-state index < -0.39 is 16.1 Å². The average molecular weight is 486 g/mol. The van der Waals surface area contributed by atoms with Gasteiger partial charge in [0.15, 0.2) is 0 Å². The van der Waals surface area contributed by atoms with Gasteiger partial charge in [-0.1, -0.05) is 6.92 Å². The number of amides is 1. The lowest BCUT2D eigenvalue weighted by atomic mass is 10.0. The third-order valence-corrected chi connectivity index (χ3v) is 6.37. The van der Waals surface area contributed by atoms with Crippen molar-refractivity contribution in [1.29, 1.82) is 0 Å². The number of hydrogen-bond donors (Lipinski definition) is 3. The summed E-state index contributed by atoms with van der Waals surface area (Å²) < 4.78 is 38.2. The molecule has 33 heavy (non-hydrogen) atoms. The molecule has 1 aromatic rings. The number of carbonyl (C=O) groups excluding carboxylic acids is 1. The summed E-state index contributed by atoms with van der Waals surface area (Å²) in [5.74, 6) is 0.0661. The van der Waals surface area contributed by atoms with Gasteiger partial charge in [-0.2, -0.15) is 0 Å². The first-order valence-corrected chi connectivity index (χ1v) is 13.4. The van der Waals surface area contributed by atoms with Crippen molar-refractivity contribution in [3.05, 3.63) is 23.8 Å². The molecule has 10 heteroatoms. The van der Waals surface area contributed by atoms with Crippen LogP contribution in [-0.4, -0.2) is 82.2 Å². The van der Waals surface area contributed by atoms with E-state index in [4.69, 9.17) is 9.47 Å². The van der Waals surface area contributed by atoms with Crippen LogP contribution in [0, 0.1) is 5.92 Å². The number of nitrogens with zero attached hydrogens (tertiary/aromatic N) is 1. The topological polar surface area (TPSA) is 117 Å². The molecule has 0 radical (unpaired) electrons. The highest BCUT2D eigenvalue weighted by Crippen LogP contribution is 2.28. The molecule has 0 saturated carbocycles. The van der Waals surface area contributed by atoms with Crippen LogP contribution in [0.1, 0.15) is 50.4 Å². The third kappa shape index (κ3) is 8.44. The second-order valence-corrected chi connectivity index (χ2v) is 10.7. The number of anilines is 1. The predicted molar refractivity (Wildman–Crippen MR) is 129 cm³/mol. The van der Waals surface area contributed by atoms with E-state index in [2.05, 4.69) is 10.0 Å². The Morgan fingerprint density at radius 1 is 1.27 bits per heavy atom.